The average Bonchev–Trinajstić information content (AvgIpc) is 2.27. The van der Waals surface area contributed by atoms with Crippen LogP contribution in [0.2, 0.25) is 0 Å². The summed E-state index contributed by atoms with van der Waals surface area (Å²) in [5, 5.41) is 8.85. The Morgan fingerprint density at radius 3 is 2.53 bits per heavy atom. The van der Waals surface area contributed by atoms with Crippen LogP contribution in [0.3, 0.4) is 0 Å². The van der Waals surface area contributed by atoms with Crippen molar-refractivity contribution in [2.75, 3.05) is 20.1 Å². The normalized spacial score (nSPS) is 25.8. The van der Waals surface area contributed by atoms with Gasteiger partial charge in [-0.2, -0.15) is 5.26 Å². The van der Waals surface area contributed by atoms with E-state index in [-0.39, 0.29) is 29.8 Å². The van der Waals surface area contributed by atoms with Gasteiger partial charge in [-0.3, -0.25) is 9.69 Å². The molecule has 96 valence electrons. The van der Waals surface area contributed by atoms with Crippen LogP contribution in [0.5, 0.6) is 0 Å². The van der Waals surface area contributed by atoms with Crippen LogP contribution in [0.4, 0.5) is 0 Å². The third-order valence-electron chi connectivity index (χ3n) is 3.28. The summed E-state index contributed by atoms with van der Waals surface area (Å²) >= 11 is 0. The summed E-state index contributed by atoms with van der Waals surface area (Å²) in [7, 11) is 1.94. The summed E-state index contributed by atoms with van der Waals surface area (Å²) in [6.07, 6.45) is 0.272. The maximum absolute atomic E-state index is 12.4. The van der Waals surface area contributed by atoms with Crippen molar-refractivity contribution in [3.63, 3.8) is 0 Å². The lowest BCUT2D eigenvalue weighted by Gasteiger charge is -2.32. The largest absolute Gasteiger partial charge is 0.338 e. The van der Waals surface area contributed by atoms with E-state index in [0.29, 0.717) is 0 Å². The van der Waals surface area contributed by atoms with Crippen LogP contribution in [0.25, 0.3) is 0 Å². The van der Waals surface area contributed by atoms with E-state index >= 15 is 0 Å². The van der Waals surface area contributed by atoms with Gasteiger partial charge in [-0.15, -0.1) is 0 Å². The molecule has 4 heteroatoms. The second kappa shape index (κ2) is 5.05. The maximum Gasteiger partial charge on any atom is 0.241 e. The number of hydrogen-bond acceptors (Lipinski definition) is 3. The molecule has 1 unspecified atom stereocenters. The fourth-order valence-corrected chi connectivity index (χ4v) is 2.52. The van der Waals surface area contributed by atoms with Crippen molar-refractivity contribution in [1.29, 1.82) is 5.26 Å². The van der Waals surface area contributed by atoms with Gasteiger partial charge in [0.1, 0.15) is 6.04 Å². The van der Waals surface area contributed by atoms with Crippen molar-refractivity contribution < 1.29 is 4.79 Å². The van der Waals surface area contributed by atoms with Gasteiger partial charge in [-0.1, -0.05) is 13.8 Å². The Kier molecular flexibility index (Phi) is 4.16. The monoisotopic (exact) mass is 237 g/mol. The zero-order valence-electron chi connectivity index (χ0n) is 11.5. The second-order valence-corrected chi connectivity index (χ2v) is 6.02. The van der Waals surface area contributed by atoms with Crippen molar-refractivity contribution >= 4 is 5.91 Å². The number of amides is 1. The van der Waals surface area contributed by atoms with Crippen molar-refractivity contribution in [2.45, 2.75) is 46.2 Å². The van der Waals surface area contributed by atoms with E-state index in [0.717, 1.165) is 13.1 Å². The Labute approximate surface area is 104 Å². The first-order chi connectivity index (χ1) is 7.78. The average molecular weight is 237 g/mol. The molecule has 1 aliphatic rings. The highest BCUT2D eigenvalue weighted by molar-refractivity contribution is 5.82. The smallest absolute Gasteiger partial charge is 0.241 e. The summed E-state index contributed by atoms with van der Waals surface area (Å²) in [5.74, 6) is 0.0922. The molecule has 0 radical (unpaired) electrons. The van der Waals surface area contributed by atoms with Crippen LogP contribution in [-0.2, 0) is 4.79 Å². The Bertz CT molecular complexity index is 330. The minimum Gasteiger partial charge on any atom is -0.338 e. The Morgan fingerprint density at radius 2 is 2.06 bits per heavy atom. The third kappa shape index (κ3) is 3.19. The summed E-state index contributed by atoms with van der Waals surface area (Å²) in [6, 6.07) is 2.03. The van der Waals surface area contributed by atoms with Crippen LogP contribution in [-0.4, -0.2) is 47.9 Å². The first kappa shape index (κ1) is 14.0. The number of carbonyl (C=O) groups is 1. The fraction of sp³-hybridized carbons (Fsp3) is 0.846. The predicted molar refractivity (Wildman–Crippen MR) is 67.3 cm³/mol. The molecule has 0 spiro atoms. The molecule has 0 aromatic heterocycles. The topological polar surface area (TPSA) is 47.3 Å². The molecule has 1 fully saturated rings. The number of nitrogens with zero attached hydrogens (tertiary/aromatic N) is 3. The van der Waals surface area contributed by atoms with Crippen molar-refractivity contribution in [3.8, 4) is 6.07 Å². The number of carbonyl (C=O) groups excluding carboxylic acids is 1. The molecule has 17 heavy (non-hydrogen) atoms. The molecule has 0 aromatic rings. The van der Waals surface area contributed by atoms with Gasteiger partial charge in [0.2, 0.25) is 5.91 Å². The molecular weight excluding hydrogens is 214 g/mol. The van der Waals surface area contributed by atoms with Crippen LogP contribution >= 0.6 is 0 Å². The third-order valence-corrected chi connectivity index (χ3v) is 3.28. The molecule has 1 saturated heterocycles. The van der Waals surface area contributed by atoms with Gasteiger partial charge in [-0.05, 0) is 26.3 Å². The van der Waals surface area contributed by atoms with Crippen LogP contribution in [0.1, 0.15) is 34.1 Å². The maximum atomic E-state index is 12.4. The summed E-state index contributed by atoms with van der Waals surface area (Å²) in [6.45, 7) is 10.00. The van der Waals surface area contributed by atoms with Crippen LogP contribution in [0, 0.1) is 16.7 Å². The molecule has 1 amide bonds. The summed E-state index contributed by atoms with van der Waals surface area (Å²) < 4.78 is 0. The number of hydrogen-bond donors (Lipinski definition) is 0. The zero-order valence-corrected chi connectivity index (χ0v) is 11.5. The molecule has 4 nitrogen and oxygen atoms in total. The highest BCUT2D eigenvalue weighted by Gasteiger charge is 2.38. The first-order valence-electron chi connectivity index (χ1n) is 6.16. The van der Waals surface area contributed by atoms with Gasteiger partial charge in [0.25, 0.3) is 0 Å². The molecule has 1 aliphatic heterocycles. The number of rotatable bonds is 2. The summed E-state index contributed by atoms with van der Waals surface area (Å²) in [4.78, 5) is 16.3. The highest BCUT2D eigenvalue weighted by Crippen LogP contribution is 2.26. The van der Waals surface area contributed by atoms with Gasteiger partial charge >= 0.3 is 0 Å². The van der Waals surface area contributed by atoms with Gasteiger partial charge in [-0.25, -0.2) is 0 Å². The van der Waals surface area contributed by atoms with E-state index < -0.39 is 0 Å². The first-order valence-corrected chi connectivity index (χ1v) is 6.16. The highest BCUT2D eigenvalue weighted by atomic mass is 16.2. The molecule has 0 N–H and O–H groups in total. The standard InChI is InChI=1S/C13H23N3O/c1-10(2)16-9-13(3,4)8-15(5)11(6-7-14)12(16)17/h10-11H,6,8-9H2,1-5H3. The van der Waals surface area contributed by atoms with Crippen molar-refractivity contribution in [1.82, 2.24) is 9.80 Å². The van der Waals surface area contributed by atoms with Crippen molar-refractivity contribution in [2.24, 2.45) is 5.41 Å². The molecule has 1 atom stereocenters. The van der Waals surface area contributed by atoms with Gasteiger partial charge in [0, 0.05) is 19.1 Å². The van der Waals surface area contributed by atoms with Gasteiger partial charge in [0.15, 0.2) is 0 Å². The van der Waals surface area contributed by atoms with Gasteiger partial charge < -0.3 is 4.90 Å². The number of likely N-dealkylation sites (N-methyl/N-ethyl adjacent to an activating group) is 1. The molecule has 0 saturated carbocycles. The van der Waals surface area contributed by atoms with Crippen LogP contribution < -0.4 is 0 Å². The minimum atomic E-state index is -0.288. The Morgan fingerprint density at radius 1 is 1.47 bits per heavy atom. The molecule has 0 aliphatic carbocycles. The lowest BCUT2D eigenvalue weighted by molar-refractivity contribution is -0.136. The molecule has 0 bridgehead atoms. The molecular formula is C13H23N3O. The van der Waals surface area contributed by atoms with E-state index in [1.165, 1.54) is 0 Å². The number of nitriles is 1. The SMILES string of the molecule is CC(C)N1CC(C)(C)CN(C)C(CC#N)C1=O. The fourth-order valence-electron chi connectivity index (χ4n) is 2.52. The molecule has 1 rings (SSSR count). The molecule has 0 aromatic carbocycles. The van der Waals surface area contributed by atoms with E-state index in [1.807, 2.05) is 30.7 Å². The van der Waals surface area contributed by atoms with E-state index in [9.17, 15) is 4.79 Å². The van der Waals surface area contributed by atoms with E-state index in [4.69, 9.17) is 5.26 Å². The summed E-state index contributed by atoms with van der Waals surface area (Å²) in [5.41, 5.74) is 0.0683. The van der Waals surface area contributed by atoms with Crippen LogP contribution in [0.15, 0.2) is 0 Å². The molecule has 1 heterocycles. The van der Waals surface area contributed by atoms with Gasteiger partial charge in [0.05, 0.1) is 12.5 Å². The predicted octanol–water partition coefficient (Wildman–Crippen LogP) is 1.48. The zero-order chi connectivity index (χ0) is 13.2. The lowest BCUT2D eigenvalue weighted by Crippen LogP contribution is -2.46. The minimum absolute atomic E-state index is 0.0683. The van der Waals surface area contributed by atoms with Crippen molar-refractivity contribution in [3.05, 3.63) is 0 Å². The lowest BCUT2D eigenvalue weighted by atomic mass is 9.92. The quantitative estimate of drug-likeness (QED) is 0.731. The second-order valence-electron chi connectivity index (χ2n) is 6.02. The Hall–Kier alpha value is -1.08. The van der Waals surface area contributed by atoms with E-state index in [2.05, 4.69) is 19.9 Å². The van der Waals surface area contributed by atoms with E-state index in [1.54, 1.807) is 0 Å². The Balaban J connectivity index is 3.02.